The summed E-state index contributed by atoms with van der Waals surface area (Å²) in [6.07, 6.45) is 9.11. The van der Waals surface area contributed by atoms with Gasteiger partial charge in [0.2, 0.25) is 5.91 Å². The molecule has 0 saturated heterocycles. The molecule has 18 heavy (non-hydrogen) atoms. The van der Waals surface area contributed by atoms with Gasteiger partial charge in [0.05, 0.1) is 5.41 Å². The SMILES string of the molecule is CCCCCC[n+]1ccc(C(C)(C)C(N)=O)cc1. The molecule has 0 fully saturated rings. The average Bonchev–Trinajstić information content (AvgIpc) is 2.35. The molecule has 0 spiro atoms. The molecule has 1 amide bonds. The minimum absolute atomic E-state index is 0.289. The number of rotatable bonds is 7. The highest BCUT2D eigenvalue weighted by Gasteiger charge is 2.27. The molecule has 3 heteroatoms. The Balaban J connectivity index is 2.60. The number of carbonyl (C=O) groups excluding carboxylic acids is 1. The molecule has 0 aliphatic carbocycles. The number of primary amides is 1. The van der Waals surface area contributed by atoms with Crippen LogP contribution in [0.2, 0.25) is 0 Å². The van der Waals surface area contributed by atoms with Gasteiger partial charge in [-0.15, -0.1) is 0 Å². The number of unbranched alkanes of at least 4 members (excludes halogenated alkanes) is 3. The van der Waals surface area contributed by atoms with E-state index in [1.54, 1.807) is 0 Å². The van der Waals surface area contributed by atoms with Crippen LogP contribution in [0.25, 0.3) is 0 Å². The Kier molecular flexibility index (Phi) is 5.32. The van der Waals surface area contributed by atoms with Crippen molar-refractivity contribution in [2.75, 3.05) is 0 Å². The number of amides is 1. The van der Waals surface area contributed by atoms with Gasteiger partial charge in [0, 0.05) is 18.6 Å². The Labute approximate surface area is 110 Å². The van der Waals surface area contributed by atoms with E-state index in [4.69, 9.17) is 5.73 Å². The zero-order chi connectivity index (χ0) is 13.6. The average molecular weight is 249 g/mol. The molecule has 0 bridgehead atoms. The van der Waals surface area contributed by atoms with Crippen LogP contribution >= 0.6 is 0 Å². The first-order valence-corrected chi connectivity index (χ1v) is 6.78. The number of nitrogens with zero attached hydrogens (tertiary/aromatic N) is 1. The van der Waals surface area contributed by atoms with E-state index in [2.05, 4.69) is 11.5 Å². The maximum atomic E-state index is 11.4. The minimum Gasteiger partial charge on any atom is -0.369 e. The van der Waals surface area contributed by atoms with Crippen molar-refractivity contribution in [3.63, 3.8) is 0 Å². The maximum absolute atomic E-state index is 11.4. The molecule has 1 aromatic heterocycles. The van der Waals surface area contributed by atoms with Crippen molar-refractivity contribution in [2.45, 2.75) is 58.4 Å². The Morgan fingerprint density at radius 1 is 1.22 bits per heavy atom. The van der Waals surface area contributed by atoms with Crippen molar-refractivity contribution in [3.05, 3.63) is 30.1 Å². The molecule has 0 unspecified atom stereocenters. The number of aromatic nitrogens is 1. The van der Waals surface area contributed by atoms with Gasteiger partial charge in [-0.3, -0.25) is 4.79 Å². The van der Waals surface area contributed by atoms with Crippen LogP contribution < -0.4 is 10.3 Å². The molecule has 1 heterocycles. The Morgan fingerprint density at radius 2 is 1.83 bits per heavy atom. The standard InChI is InChI=1S/C15H24N2O/c1-4-5-6-7-10-17-11-8-13(9-12-17)15(2,3)14(16)18/h8-9,11-12H,4-7,10H2,1-3H3,(H-,16,18)/p+1. The Hall–Kier alpha value is -1.38. The lowest BCUT2D eigenvalue weighted by atomic mass is 9.85. The summed E-state index contributed by atoms with van der Waals surface area (Å²) in [5, 5.41) is 0. The number of pyridine rings is 1. The van der Waals surface area contributed by atoms with E-state index in [9.17, 15) is 4.79 Å². The van der Waals surface area contributed by atoms with E-state index in [0.717, 1.165) is 12.1 Å². The van der Waals surface area contributed by atoms with Gasteiger partial charge in [0.25, 0.3) is 0 Å². The van der Waals surface area contributed by atoms with Crippen molar-refractivity contribution in [3.8, 4) is 0 Å². The summed E-state index contributed by atoms with van der Waals surface area (Å²) < 4.78 is 2.16. The Bertz CT molecular complexity index is 382. The summed E-state index contributed by atoms with van der Waals surface area (Å²) in [7, 11) is 0. The highest BCUT2D eigenvalue weighted by atomic mass is 16.1. The first-order valence-electron chi connectivity index (χ1n) is 6.78. The molecule has 0 aliphatic heterocycles. The fraction of sp³-hybridized carbons (Fsp3) is 0.600. The lowest BCUT2D eigenvalue weighted by Crippen LogP contribution is -2.38. The summed E-state index contributed by atoms with van der Waals surface area (Å²) in [5.41, 5.74) is 5.78. The quantitative estimate of drug-likeness (QED) is 0.585. The highest BCUT2D eigenvalue weighted by Crippen LogP contribution is 2.21. The van der Waals surface area contributed by atoms with Crippen molar-refractivity contribution in [1.82, 2.24) is 0 Å². The van der Waals surface area contributed by atoms with Crippen LogP contribution in [0.4, 0.5) is 0 Å². The normalized spacial score (nSPS) is 11.5. The van der Waals surface area contributed by atoms with Crippen LogP contribution in [0.15, 0.2) is 24.5 Å². The lowest BCUT2D eigenvalue weighted by molar-refractivity contribution is -0.697. The van der Waals surface area contributed by atoms with Gasteiger partial charge in [-0.2, -0.15) is 0 Å². The van der Waals surface area contributed by atoms with Crippen LogP contribution in [0.5, 0.6) is 0 Å². The molecule has 0 aliphatic rings. The number of aryl methyl sites for hydroxylation is 1. The number of hydrogen-bond donors (Lipinski definition) is 1. The Morgan fingerprint density at radius 3 is 2.33 bits per heavy atom. The van der Waals surface area contributed by atoms with E-state index in [0.29, 0.717) is 0 Å². The predicted octanol–water partition coefficient (Wildman–Crippen LogP) is 2.32. The van der Waals surface area contributed by atoms with Crippen LogP contribution in [-0.2, 0) is 16.8 Å². The van der Waals surface area contributed by atoms with Crippen LogP contribution in [-0.4, -0.2) is 5.91 Å². The summed E-state index contributed by atoms with van der Waals surface area (Å²) >= 11 is 0. The molecular weight excluding hydrogens is 224 g/mol. The molecule has 3 nitrogen and oxygen atoms in total. The largest absolute Gasteiger partial charge is 0.369 e. The van der Waals surface area contributed by atoms with Gasteiger partial charge in [-0.1, -0.05) is 19.8 Å². The maximum Gasteiger partial charge on any atom is 0.227 e. The van der Waals surface area contributed by atoms with E-state index >= 15 is 0 Å². The monoisotopic (exact) mass is 249 g/mol. The summed E-state index contributed by atoms with van der Waals surface area (Å²) in [5.74, 6) is -0.289. The fourth-order valence-corrected chi connectivity index (χ4v) is 1.89. The topological polar surface area (TPSA) is 47.0 Å². The minimum atomic E-state index is -0.596. The van der Waals surface area contributed by atoms with Crippen molar-refractivity contribution in [2.24, 2.45) is 5.73 Å². The summed E-state index contributed by atoms with van der Waals surface area (Å²) in [6.45, 7) is 6.97. The second-order valence-corrected chi connectivity index (χ2v) is 5.37. The smallest absolute Gasteiger partial charge is 0.227 e. The van der Waals surface area contributed by atoms with Gasteiger partial charge in [0.15, 0.2) is 12.4 Å². The third kappa shape index (κ3) is 3.83. The van der Waals surface area contributed by atoms with Gasteiger partial charge in [0.1, 0.15) is 6.54 Å². The zero-order valence-corrected chi connectivity index (χ0v) is 11.8. The third-order valence-electron chi connectivity index (χ3n) is 3.50. The van der Waals surface area contributed by atoms with Gasteiger partial charge in [-0.05, 0) is 25.8 Å². The van der Waals surface area contributed by atoms with Crippen molar-refractivity contribution in [1.29, 1.82) is 0 Å². The zero-order valence-electron chi connectivity index (χ0n) is 11.8. The molecule has 0 saturated carbocycles. The van der Waals surface area contributed by atoms with Crippen molar-refractivity contribution >= 4 is 5.91 Å². The predicted molar refractivity (Wildman–Crippen MR) is 73.0 cm³/mol. The third-order valence-corrected chi connectivity index (χ3v) is 3.50. The van der Waals surface area contributed by atoms with Crippen LogP contribution in [0, 0.1) is 0 Å². The van der Waals surface area contributed by atoms with Gasteiger partial charge in [-0.25, -0.2) is 4.57 Å². The first kappa shape index (κ1) is 14.7. The molecule has 0 atom stereocenters. The second-order valence-electron chi connectivity index (χ2n) is 5.37. The molecule has 100 valence electrons. The van der Waals surface area contributed by atoms with Crippen molar-refractivity contribution < 1.29 is 9.36 Å². The molecule has 2 N–H and O–H groups in total. The van der Waals surface area contributed by atoms with E-state index in [-0.39, 0.29) is 5.91 Å². The van der Waals surface area contributed by atoms with E-state index in [1.807, 2.05) is 38.4 Å². The van der Waals surface area contributed by atoms with Gasteiger partial charge >= 0.3 is 0 Å². The highest BCUT2D eigenvalue weighted by molar-refractivity contribution is 5.85. The van der Waals surface area contributed by atoms with E-state index in [1.165, 1.54) is 25.7 Å². The van der Waals surface area contributed by atoms with Crippen LogP contribution in [0.1, 0.15) is 52.0 Å². The number of hydrogen-bond acceptors (Lipinski definition) is 1. The first-order chi connectivity index (χ1) is 8.48. The molecule has 0 radical (unpaired) electrons. The number of nitrogens with two attached hydrogens (primary N) is 1. The summed E-state index contributed by atoms with van der Waals surface area (Å²) in [6, 6.07) is 3.98. The lowest BCUT2D eigenvalue weighted by Gasteiger charge is -2.19. The molecule has 1 aromatic rings. The summed E-state index contributed by atoms with van der Waals surface area (Å²) in [4.78, 5) is 11.4. The molecular formula is C15H25N2O+. The van der Waals surface area contributed by atoms with Crippen LogP contribution in [0.3, 0.4) is 0 Å². The second kappa shape index (κ2) is 6.53. The molecule has 0 aromatic carbocycles. The number of carbonyl (C=O) groups is 1. The fourth-order valence-electron chi connectivity index (χ4n) is 1.89. The molecule has 1 rings (SSSR count). The van der Waals surface area contributed by atoms with Gasteiger partial charge < -0.3 is 5.73 Å². The van der Waals surface area contributed by atoms with E-state index < -0.39 is 5.41 Å².